The van der Waals surface area contributed by atoms with Crippen LogP contribution in [0.25, 0.3) is 0 Å². The van der Waals surface area contributed by atoms with Gasteiger partial charge >= 0.3 is 5.97 Å². The Labute approximate surface area is 158 Å². The first kappa shape index (κ1) is 18.9. The number of ketones is 1. The summed E-state index contributed by atoms with van der Waals surface area (Å²) >= 11 is 0. The molecule has 2 aromatic carbocycles. The molecule has 0 bridgehead atoms. The van der Waals surface area contributed by atoms with Gasteiger partial charge in [-0.3, -0.25) is 4.79 Å². The highest BCUT2D eigenvalue weighted by molar-refractivity contribution is 5.96. The van der Waals surface area contributed by atoms with Crippen LogP contribution in [0.15, 0.2) is 60.3 Å². The third-order valence-corrected chi connectivity index (χ3v) is 4.96. The number of benzene rings is 2. The van der Waals surface area contributed by atoms with Crippen molar-refractivity contribution in [3.05, 3.63) is 77.0 Å². The maximum Gasteiger partial charge on any atom is 0.338 e. The van der Waals surface area contributed by atoms with Gasteiger partial charge in [0.25, 0.3) is 0 Å². The van der Waals surface area contributed by atoms with Gasteiger partial charge < -0.3 is 14.7 Å². The van der Waals surface area contributed by atoms with E-state index in [0.717, 1.165) is 16.9 Å². The summed E-state index contributed by atoms with van der Waals surface area (Å²) < 4.78 is 5.14. The molecule has 1 aliphatic heterocycles. The number of allylic oxidation sites excluding steroid dienone is 1. The number of hydrogen-bond acceptors (Lipinski definition) is 5. The van der Waals surface area contributed by atoms with E-state index in [4.69, 9.17) is 9.84 Å². The molecule has 0 aromatic heterocycles. The van der Waals surface area contributed by atoms with Gasteiger partial charge in [-0.05, 0) is 29.3 Å². The number of hydrogen-bond donors (Lipinski definition) is 1. The first-order chi connectivity index (χ1) is 12.8. The second-order valence-corrected chi connectivity index (χ2v) is 7.13. The fourth-order valence-corrected chi connectivity index (χ4v) is 3.42. The highest BCUT2D eigenvalue weighted by Gasteiger charge is 2.38. The standard InChI is InChI=1S/C22H23NO4/c1-22(2)18-6-4-5-7-19(18)23(3)20(22)12-17(25)14-27-21(26)16-10-8-15(13-24)9-11-16/h4-12,24H,13-14H2,1-3H3/b20-12-. The summed E-state index contributed by atoms with van der Waals surface area (Å²) in [6.45, 7) is 3.74. The lowest BCUT2D eigenvalue weighted by Crippen LogP contribution is -2.25. The summed E-state index contributed by atoms with van der Waals surface area (Å²) in [5, 5.41) is 9.04. The number of aliphatic hydroxyl groups is 1. The van der Waals surface area contributed by atoms with Crippen molar-refractivity contribution in [2.45, 2.75) is 25.9 Å². The number of anilines is 1. The Morgan fingerprint density at radius 3 is 2.41 bits per heavy atom. The quantitative estimate of drug-likeness (QED) is 0.651. The monoisotopic (exact) mass is 365 g/mol. The van der Waals surface area contributed by atoms with Crippen LogP contribution in [0, 0.1) is 0 Å². The van der Waals surface area contributed by atoms with Crippen LogP contribution in [0.1, 0.15) is 35.3 Å². The summed E-state index contributed by atoms with van der Waals surface area (Å²) in [7, 11) is 1.93. The predicted molar refractivity (Wildman–Crippen MR) is 104 cm³/mol. The number of para-hydroxylation sites is 1. The largest absolute Gasteiger partial charge is 0.454 e. The number of carbonyl (C=O) groups excluding carboxylic acids is 2. The number of nitrogens with zero attached hydrogens (tertiary/aromatic N) is 1. The molecule has 0 fully saturated rings. The highest BCUT2D eigenvalue weighted by atomic mass is 16.5. The van der Waals surface area contributed by atoms with Crippen LogP contribution in [0.4, 0.5) is 5.69 Å². The zero-order valence-corrected chi connectivity index (χ0v) is 15.7. The SMILES string of the molecule is CN1/C(=C\C(=O)COC(=O)c2ccc(CO)cc2)C(C)(C)c2ccccc21. The van der Waals surface area contributed by atoms with Gasteiger partial charge in [-0.1, -0.05) is 44.2 Å². The Kier molecular flexibility index (Phi) is 5.15. The Morgan fingerprint density at radius 1 is 1.11 bits per heavy atom. The zero-order valence-electron chi connectivity index (χ0n) is 15.7. The fraction of sp³-hybridized carbons (Fsp3) is 0.273. The van der Waals surface area contributed by atoms with Crippen LogP contribution in [-0.4, -0.2) is 30.5 Å². The van der Waals surface area contributed by atoms with Gasteiger partial charge in [0.05, 0.1) is 12.2 Å². The second kappa shape index (κ2) is 7.37. The molecule has 140 valence electrons. The molecular formula is C22H23NO4. The lowest BCUT2D eigenvalue weighted by Gasteiger charge is -2.23. The van der Waals surface area contributed by atoms with Crippen molar-refractivity contribution in [3.63, 3.8) is 0 Å². The van der Waals surface area contributed by atoms with E-state index < -0.39 is 5.97 Å². The molecule has 5 nitrogen and oxygen atoms in total. The van der Waals surface area contributed by atoms with Crippen molar-refractivity contribution in [1.82, 2.24) is 0 Å². The van der Waals surface area contributed by atoms with E-state index in [1.54, 1.807) is 30.3 Å². The fourth-order valence-electron chi connectivity index (χ4n) is 3.42. The van der Waals surface area contributed by atoms with Gasteiger partial charge in [-0.25, -0.2) is 4.79 Å². The minimum Gasteiger partial charge on any atom is -0.454 e. The van der Waals surface area contributed by atoms with E-state index in [-0.39, 0.29) is 24.4 Å². The van der Waals surface area contributed by atoms with Crippen molar-refractivity contribution < 1.29 is 19.4 Å². The zero-order chi connectivity index (χ0) is 19.6. The Balaban J connectivity index is 1.69. The van der Waals surface area contributed by atoms with Crippen LogP contribution >= 0.6 is 0 Å². The molecule has 0 radical (unpaired) electrons. The normalized spacial score (nSPS) is 16.3. The van der Waals surface area contributed by atoms with Crippen LogP contribution in [0.2, 0.25) is 0 Å². The summed E-state index contributed by atoms with van der Waals surface area (Å²) in [5.74, 6) is -0.827. The molecule has 0 unspecified atom stereocenters. The number of carbonyl (C=O) groups is 2. The van der Waals surface area contributed by atoms with Crippen LogP contribution in [-0.2, 0) is 21.6 Å². The predicted octanol–water partition coefficient (Wildman–Crippen LogP) is 3.22. The molecule has 2 aromatic rings. The first-order valence-electron chi connectivity index (χ1n) is 8.79. The van der Waals surface area contributed by atoms with Crippen molar-refractivity contribution >= 4 is 17.4 Å². The minimum atomic E-state index is -0.562. The molecule has 0 aliphatic carbocycles. The number of fused-ring (bicyclic) bond motifs is 1. The maximum atomic E-state index is 12.4. The third-order valence-electron chi connectivity index (χ3n) is 4.96. The van der Waals surface area contributed by atoms with Gasteiger partial charge in [0.2, 0.25) is 0 Å². The number of esters is 1. The van der Waals surface area contributed by atoms with E-state index in [1.807, 2.05) is 30.1 Å². The molecule has 5 heteroatoms. The van der Waals surface area contributed by atoms with Crippen LogP contribution in [0.3, 0.4) is 0 Å². The Morgan fingerprint density at radius 2 is 1.78 bits per heavy atom. The molecule has 1 heterocycles. The van der Waals surface area contributed by atoms with Gasteiger partial charge in [0.15, 0.2) is 12.4 Å². The molecule has 1 N–H and O–H groups in total. The molecule has 27 heavy (non-hydrogen) atoms. The van der Waals surface area contributed by atoms with Gasteiger partial charge in [0.1, 0.15) is 0 Å². The lowest BCUT2D eigenvalue weighted by atomic mass is 9.83. The molecule has 0 amide bonds. The summed E-state index contributed by atoms with van der Waals surface area (Å²) in [5.41, 5.74) is 3.86. The van der Waals surface area contributed by atoms with Crippen LogP contribution in [0.5, 0.6) is 0 Å². The van der Waals surface area contributed by atoms with Crippen molar-refractivity contribution in [3.8, 4) is 0 Å². The highest BCUT2D eigenvalue weighted by Crippen LogP contribution is 2.46. The number of ether oxygens (including phenoxy) is 1. The van der Waals surface area contributed by atoms with Gasteiger partial charge in [-0.2, -0.15) is 0 Å². The average molecular weight is 365 g/mol. The number of aliphatic hydroxyl groups excluding tert-OH is 1. The molecular weight excluding hydrogens is 342 g/mol. The van der Waals surface area contributed by atoms with E-state index >= 15 is 0 Å². The number of likely N-dealkylation sites (N-methyl/N-ethyl adjacent to an activating group) is 1. The van der Waals surface area contributed by atoms with Gasteiger partial charge in [0, 0.05) is 29.9 Å². The van der Waals surface area contributed by atoms with Gasteiger partial charge in [-0.15, -0.1) is 0 Å². The summed E-state index contributed by atoms with van der Waals surface area (Å²) in [6.07, 6.45) is 1.56. The molecule has 0 spiro atoms. The smallest absolute Gasteiger partial charge is 0.338 e. The lowest BCUT2D eigenvalue weighted by molar-refractivity contribution is -0.117. The first-order valence-corrected chi connectivity index (χ1v) is 8.79. The van der Waals surface area contributed by atoms with Crippen molar-refractivity contribution in [2.75, 3.05) is 18.6 Å². The van der Waals surface area contributed by atoms with Crippen LogP contribution < -0.4 is 4.90 Å². The van der Waals surface area contributed by atoms with E-state index in [9.17, 15) is 9.59 Å². The van der Waals surface area contributed by atoms with Crippen molar-refractivity contribution in [1.29, 1.82) is 0 Å². The molecule has 1 aliphatic rings. The van der Waals surface area contributed by atoms with Crippen molar-refractivity contribution in [2.24, 2.45) is 0 Å². The maximum absolute atomic E-state index is 12.4. The van der Waals surface area contributed by atoms with E-state index in [2.05, 4.69) is 19.9 Å². The van der Waals surface area contributed by atoms with E-state index in [1.165, 1.54) is 0 Å². The Bertz CT molecular complexity index is 897. The minimum absolute atomic E-state index is 0.0902. The molecule has 0 saturated carbocycles. The average Bonchev–Trinajstić information content (AvgIpc) is 2.87. The molecule has 3 rings (SSSR count). The third kappa shape index (κ3) is 3.64. The molecule has 0 atom stereocenters. The number of rotatable bonds is 5. The summed E-state index contributed by atoms with van der Waals surface area (Å²) in [6, 6.07) is 14.5. The summed E-state index contributed by atoms with van der Waals surface area (Å²) in [4.78, 5) is 26.5. The van der Waals surface area contributed by atoms with E-state index in [0.29, 0.717) is 11.1 Å². The Hall–Kier alpha value is -2.92. The molecule has 0 saturated heterocycles. The topological polar surface area (TPSA) is 66.8 Å². The second-order valence-electron chi connectivity index (χ2n) is 7.13.